The highest BCUT2D eigenvalue weighted by Gasteiger charge is 2.43. The van der Waals surface area contributed by atoms with Crippen molar-refractivity contribution in [2.75, 3.05) is 0 Å². The number of allylic oxidation sites excluding steroid dienone is 1. The molecule has 2 heteroatoms. The van der Waals surface area contributed by atoms with Crippen LogP contribution in [0.15, 0.2) is 78.4 Å². The van der Waals surface area contributed by atoms with E-state index in [9.17, 15) is 0 Å². The summed E-state index contributed by atoms with van der Waals surface area (Å²) in [5, 5.41) is 1.28. The molecule has 3 aromatic carbocycles. The van der Waals surface area contributed by atoms with Crippen LogP contribution in [-0.2, 0) is 11.8 Å². The van der Waals surface area contributed by atoms with Crippen molar-refractivity contribution >= 4 is 30.3 Å². The molecule has 1 unspecified atom stereocenters. The van der Waals surface area contributed by atoms with Gasteiger partial charge in [0.1, 0.15) is 7.85 Å². The Morgan fingerprint density at radius 2 is 1.69 bits per heavy atom. The van der Waals surface area contributed by atoms with Crippen LogP contribution in [0.2, 0.25) is 0 Å². The Labute approximate surface area is 173 Å². The minimum atomic E-state index is 0.0515. The van der Waals surface area contributed by atoms with Crippen molar-refractivity contribution in [2.24, 2.45) is 0 Å². The molecule has 2 radical (unpaired) electrons. The number of hydrogen-bond acceptors (Lipinski definition) is 0. The topological polar surface area (TPSA) is 4.93 Å². The van der Waals surface area contributed by atoms with Gasteiger partial charge in [0.05, 0.1) is 11.2 Å². The molecule has 0 spiro atoms. The lowest BCUT2D eigenvalue weighted by Gasteiger charge is -2.28. The van der Waals surface area contributed by atoms with Crippen LogP contribution in [0.5, 0.6) is 0 Å². The number of benzene rings is 3. The Hall–Kier alpha value is -3.00. The summed E-state index contributed by atoms with van der Waals surface area (Å²) >= 11 is 0. The molecule has 6 rings (SSSR count). The quantitative estimate of drug-likeness (QED) is 0.393. The van der Waals surface area contributed by atoms with Crippen LogP contribution in [-0.4, -0.2) is 12.4 Å². The Kier molecular flexibility index (Phi) is 3.36. The summed E-state index contributed by atoms with van der Waals surface area (Å²) in [6, 6.07) is 26.0. The van der Waals surface area contributed by atoms with Gasteiger partial charge in [-0.15, -0.1) is 0 Å². The highest BCUT2D eigenvalue weighted by Crippen LogP contribution is 2.55. The van der Waals surface area contributed by atoms with Gasteiger partial charge in [0.15, 0.2) is 0 Å². The van der Waals surface area contributed by atoms with E-state index in [0.29, 0.717) is 5.92 Å². The fraction of sp³-hybridized carbons (Fsp3) is 0.185. The number of fused-ring (bicyclic) bond motifs is 6. The average molecular weight is 371 g/mol. The minimum Gasteiger partial charge on any atom is -0.310 e. The molecule has 4 aromatic rings. The van der Waals surface area contributed by atoms with Crippen molar-refractivity contribution in [2.45, 2.75) is 31.6 Å². The van der Waals surface area contributed by atoms with Gasteiger partial charge < -0.3 is 4.57 Å². The highest BCUT2D eigenvalue weighted by atomic mass is 15.0. The fourth-order valence-corrected chi connectivity index (χ4v) is 5.60. The summed E-state index contributed by atoms with van der Waals surface area (Å²) in [7, 11) is 6.21. The first-order chi connectivity index (χ1) is 14.1. The zero-order chi connectivity index (χ0) is 19.8. The van der Waals surface area contributed by atoms with Crippen molar-refractivity contribution in [3.05, 3.63) is 101 Å². The van der Waals surface area contributed by atoms with E-state index >= 15 is 0 Å². The zero-order valence-electron chi connectivity index (χ0n) is 16.8. The summed E-state index contributed by atoms with van der Waals surface area (Å²) in [6.45, 7) is 4.74. The third kappa shape index (κ3) is 2.23. The van der Waals surface area contributed by atoms with Gasteiger partial charge in [-0.25, -0.2) is 0 Å². The van der Waals surface area contributed by atoms with E-state index in [1.807, 2.05) is 6.07 Å². The average Bonchev–Trinajstić information content (AvgIpc) is 3.17. The van der Waals surface area contributed by atoms with Gasteiger partial charge in [-0.3, -0.25) is 0 Å². The molecule has 1 aromatic heterocycles. The van der Waals surface area contributed by atoms with E-state index in [1.54, 1.807) is 0 Å². The molecular weight excluding hydrogens is 349 g/mol. The summed E-state index contributed by atoms with van der Waals surface area (Å²) in [5.41, 5.74) is 10.5. The van der Waals surface area contributed by atoms with Crippen LogP contribution in [0, 0.1) is 0 Å². The molecule has 2 aliphatic carbocycles. The Bertz CT molecular complexity index is 1310. The molecule has 0 saturated heterocycles. The molecule has 0 N–H and O–H groups in total. The van der Waals surface area contributed by atoms with E-state index in [2.05, 4.69) is 91.2 Å². The number of aromatic nitrogens is 1. The van der Waals surface area contributed by atoms with Crippen molar-refractivity contribution < 1.29 is 0 Å². The molecule has 138 valence electrons. The van der Waals surface area contributed by atoms with Crippen molar-refractivity contribution in [1.29, 1.82) is 0 Å². The predicted molar refractivity (Wildman–Crippen MR) is 123 cm³/mol. The van der Waals surface area contributed by atoms with E-state index in [1.165, 1.54) is 44.5 Å². The van der Waals surface area contributed by atoms with E-state index in [-0.39, 0.29) is 5.41 Å². The minimum absolute atomic E-state index is 0.0515. The molecule has 1 atom stereocenters. The van der Waals surface area contributed by atoms with Crippen LogP contribution in [0.25, 0.3) is 22.7 Å². The normalized spacial score (nSPS) is 18.8. The Morgan fingerprint density at radius 1 is 0.931 bits per heavy atom. The smallest absolute Gasteiger partial charge is 0.113 e. The van der Waals surface area contributed by atoms with Gasteiger partial charge in [-0.1, -0.05) is 79.5 Å². The van der Waals surface area contributed by atoms with Gasteiger partial charge in [-0.2, -0.15) is 0 Å². The fourth-order valence-electron chi connectivity index (χ4n) is 5.60. The third-order valence-corrected chi connectivity index (χ3v) is 6.96. The number of nitrogens with zero attached hydrogens (tertiary/aromatic N) is 1. The first-order valence-corrected chi connectivity index (χ1v) is 10.4. The number of rotatable bonds is 1. The van der Waals surface area contributed by atoms with E-state index < -0.39 is 0 Å². The van der Waals surface area contributed by atoms with Crippen molar-refractivity contribution in [3.63, 3.8) is 0 Å². The number of hydrogen-bond donors (Lipinski definition) is 0. The molecule has 29 heavy (non-hydrogen) atoms. The van der Waals surface area contributed by atoms with Crippen LogP contribution in [0.3, 0.4) is 0 Å². The molecule has 1 nitrogen and oxygen atoms in total. The highest BCUT2D eigenvalue weighted by molar-refractivity contribution is 6.33. The van der Waals surface area contributed by atoms with E-state index in [4.69, 9.17) is 7.85 Å². The monoisotopic (exact) mass is 371 g/mol. The maximum Gasteiger partial charge on any atom is 0.113 e. The Morgan fingerprint density at radius 3 is 2.52 bits per heavy atom. The molecule has 1 heterocycles. The second kappa shape index (κ2) is 5.76. The first-order valence-electron chi connectivity index (χ1n) is 10.4. The molecule has 2 aliphatic rings. The maximum atomic E-state index is 6.21. The molecule has 0 bridgehead atoms. The molecule has 0 amide bonds. The van der Waals surface area contributed by atoms with Crippen LogP contribution in [0.1, 0.15) is 42.1 Å². The van der Waals surface area contributed by atoms with Gasteiger partial charge in [0.25, 0.3) is 0 Å². The predicted octanol–water partition coefficient (Wildman–Crippen LogP) is 5.44. The Balaban J connectivity index is 1.69. The second-order valence-electron chi connectivity index (χ2n) is 8.88. The standard InChI is InChI=1S/C27H22BN/c1-27(2)23-11-7-6-10-19(23)20-15-22-21-14-17(28)12-13-25(21)29(26(22)16-24(20)27)18-8-4-3-5-9-18/h3-14,16,20H,15H2,1-2H3. The van der Waals surface area contributed by atoms with Gasteiger partial charge >= 0.3 is 0 Å². The molecular formula is C27H22BN. The van der Waals surface area contributed by atoms with Crippen LogP contribution < -0.4 is 5.46 Å². The number of para-hydroxylation sites is 1. The first kappa shape index (κ1) is 16.9. The third-order valence-electron chi connectivity index (χ3n) is 6.96. The zero-order valence-corrected chi connectivity index (χ0v) is 16.8. The van der Waals surface area contributed by atoms with Gasteiger partial charge in [0.2, 0.25) is 0 Å². The van der Waals surface area contributed by atoms with E-state index in [0.717, 1.165) is 11.9 Å². The summed E-state index contributed by atoms with van der Waals surface area (Å²) in [5.74, 6) is 0.449. The second-order valence-corrected chi connectivity index (χ2v) is 8.88. The maximum absolute atomic E-state index is 6.21. The van der Waals surface area contributed by atoms with Crippen LogP contribution >= 0.6 is 0 Å². The molecule has 0 fully saturated rings. The SMILES string of the molecule is [B]c1ccc2c(c1)c1c(n2-c2ccccc2)C=C2C(C1)c1ccccc1C2(C)C. The van der Waals surface area contributed by atoms with Gasteiger partial charge in [-0.05, 0) is 47.4 Å². The lowest BCUT2D eigenvalue weighted by atomic mass is 9.76. The molecule has 0 saturated carbocycles. The summed E-state index contributed by atoms with van der Waals surface area (Å²) < 4.78 is 2.41. The summed E-state index contributed by atoms with van der Waals surface area (Å²) in [4.78, 5) is 0. The van der Waals surface area contributed by atoms with Crippen LogP contribution in [0.4, 0.5) is 0 Å². The molecule has 0 aliphatic heterocycles. The lowest BCUT2D eigenvalue weighted by Crippen LogP contribution is -2.19. The van der Waals surface area contributed by atoms with Gasteiger partial charge in [0, 0.05) is 22.4 Å². The van der Waals surface area contributed by atoms with Crippen molar-refractivity contribution in [3.8, 4) is 5.69 Å². The summed E-state index contributed by atoms with van der Waals surface area (Å²) in [6.07, 6.45) is 3.49. The lowest BCUT2D eigenvalue weighted by molar-refractivity contribution is 0.613. The van der Waals surface area contributed by atoms with Crippen molar-refractivity contribution in [1.82, 2.24) is 4.57 Å². The largest absolute Gasteiger partial charge is 0.310 e.